The molecule has 23 heteroatoms. The van der Waals surface area contributed by atoms with E-state index in [1.165, 1.54) is 0 Å². The number of esters is 7. The molecule has 0 aromatic rings. The van der Waals surface area contributed by atoms with Gasteiger partial charge in [0.05, 0.1) is 58.9 Å². The zero-order valence-corrected chi connectivity index (χ0v) is 57.2. The zero-order chi connectivity index (χ0) is 66.9. The van der Waals surface area contributed by atoms with E-state index in [1.807, 2.05) is 34.6 Å². The van der Waals surface area contributed by atoms with Crippen LogP contribution >= 0.6 is 0 Å². The van der Waals surface area contributed by atoms with Gasteiger partial charge in [-0.15, -0.1) is 0 Å². The number of hydrogen-bond donors (Lipinski definition) is 1. The SMILES string of the molecule is CCC(C)(CCCC(C)(CCCC(C)(CCCC(CCCC(C)(C)C(=O)OCC1CO1)C(=O)OC12CC3CC(CC(O)(C3)C1)C2)C(=O)OCC(=O)OC1C2CC3C(=O)OC1C3C2)C(=O)OC1C(C2COC(C)(C)O2)OC2OC(C)(C)OC21)C(=O)OCC1COC(C)(C)O1. The van der Waals surface area contributed by atoms with Gasteiger partial charge in [0.1, 0.15) is 55.4 Å². The van der Waals surface area contributed by atoms with E-state index < -0.39 is 136 Å². The van der Waals surface area contributed by atoms with Crippen molar-refractivity contribution < 1.29 is 110 Å². The van der Waals surface area contributed by atoms with Crippen LogP contribution in [0.4, 0.5) is 0 Å². The maximum atomic E-state index is 15.4. The van der Waals surface area contributed by atoms with Gasteiger partial charge in [-0.1, -0.05) is 32.6 Å². The van der Waals surface area contributed by atoms with Gasteiger partial charge in [-0.3, -0.25) is 28.8 Å². The normalized spacial score (nSPS) is 37.5. The van der Waals surface area contributed by atoms with Crippen molar-refractivity contribution in [1.82, 2.24) is 0 Å². The molecule has 6 aliphatic heterocycles. The van der Waals surface area contributed by atoms with Crippen molar-refractivity contribution in [1.29, 1.82) is 0 Å². The average Bonchev–Trinajstić information content (AvgIpc) is 1.65. The molecule has 12 fully saturated rings. The molecule has 6 aliphatic carbocycles. The van der Waals surface area contributed by atoms with E-state index in [-0.39, 0.29) is 112 Å². The second kappa shape index (κ2) is 26.6. The monoisotopic (exact) mass is 1310 g/mol. The molecule has 18 atom stereocenters. The van der Waals surface area contributed by atoms with E-state index in [0.717, 1.165) is 12.8 Å². The highest BCUT2D eigenvalue weighted by Crippen LogP contribution is 2.60. The fourth-order valence-corrected chi connectivity index (χ4v) is 17.7. The minimum atomic E-state index is -1.29. The Morgan fingerprint density at radius 2 is 1.20 bits per heavy atom. The second-order valence-corrected chi connectivity index (χ2v) is 32.7. The van der Waals surface area contributed by atoms with E-state index in [4.69, 9.17) is 71.1 Å². The Morgan fingerprint density at radius 3 is 1.83 bits per heavy atom. The molecule has 1 N–H and O–H groups in total. The van der Waals surface area contributed by atoms with Gasteiger partial charge in [0.25, 0.3) is 0 Å². The molecule has 0 radical (unpaired) electrons. The number of epoxide rings is 1. The minimum Gasteiger partial charge on any atom is -0.462 e. The lowest BCUT2D eigenvalue weighted by atomic mass is 9.52. The van der Waals surface area contributed by atoms with Crippen LogP contribution in [0.15, 0.2) is 0 Å². The first-order valence-electron chi connectivity index (χ1n) is 34.9. The summed E-state index contributed by atoms with van der Waals surface area (Å²) in [4.78, 5) is 98.8. The van der Waals surface area contributed by atoms with Gasteiger partial charge in [-0.2, -0.15) is 0 Å². The summed E-state index contributed by atoms with van der Waals surface area (Å²) in [7, 11) is 0. The van der Waals surface area contributed by atoms with Gasteiger partial charge >= 0.3 is 41.8 Å². The van der Waals surface area contributed by atoms with Gasteiger partial charge in [-0.25, -0.2) is 4.79 Å². The van der Waals surface area contributed by atoms with E-state index in [2.05, 4.69) is 0 Å². The van der Waals surface area contributed by atoms with Crippen LogP contribution < -0.4 is 0 Å². The molecular formula is C70H106O23. The largest absolute Gasteiger partial charge is 0.462 e. The lowest BCUT2D eigenvalue weighted by Gasteiger charge is -2.59. The summed E-state index contributed by atoms with van der Waals surface area (Å²) in [5.74, 6) is -6.42. The third kappa shape index (κ3) is 15.9. The smallest absolute Gasteiger partial charge is 0.344 e. The summed E-state index contributed by atoms with van der Waals surface area (Å²) >= 11 is 0. The Balaban J connectivity index is 0.815. The standard InChI is InChI=1S/C70H106O23/c1-13-66(10,59(75)81-35-45-36-83-63(4,5)89-45)22-16-24-68(12,61(77)88-53-52(48-37-84-64(6,7)90-48)87-57-54(53)91-65(8,9)93-57)25-17-23-67(11,60(76)82-38-49(71)85-50-43-27-46-47(28-43)56(73)86-51(46)50)21-15-19-42(18-14-20-62(2,3)58(74)80-34-44-33-79-44)55(72)92-70-31-40-26-41(32-70)30-69(78,29-40)39-70/h40-48,50-54,57,78H,13-39H2,1-12H3. The number of fused-ring (bicyclic) bond motifs is 2. The molecule has 0 aromatic heterocycles. The van der Waals surface area contributed by atoms with Gasteiger partial charge in [0.2, 0.25) is 0 Å². The highest BCUT2D eigenvalue weighted by atomic mass is 16.9. The van der Waals surface area contributed by atoms with Crippen molar-refractivity contribution in [2.45, 2.75) is 302 Å². The summed E-state index contributed by atoms with van der Waals surface area (Å²) in [5, 5.41) is 11.7. The van der Waals surface area contributed by atoms with Crippen LogP contribution in [0.1, 0.15) is 218 Å². The predicted octanol–water partition coefficient (Wildman–Crippen LogP) is 8.98. The average molecular weight is 1320 g/mol. The van der Waals surface area contributed by atoms with E-state index in [0.29, 0.717) is 96.5 Å². The number of carbonyl (C=O) groups excluding carboxylic acids is 7. The molecule has 18 unspecified atom stereocenters. The highest BCUT2D eigenvalue weighted by molar-refractivity contribution is 5.81. The van der Waals surface area contributed by atoms with Gasteiger partial charge in [-0.05, 0) is 191 Å². The van der Waals surface area contributed by atoms with Crippen molar-refractivity contribution in [3.8, 4) is 0 Å². The minimum absolute atomic E-state index is 0.00621. The van der Waals surface area contributed by atoms with E-state index >= 15 is 4.79 Å². The molecule has 12 aliphatic rings. The van der Waals surface area contributed by atoms with Crippen molar-refractivity contribution >= 4 is 41.8 Å². The summed E-state index contributed by atoms with van der Waals surface area (Å²) in [5.41, 5.74) is -5.95. The molecule has 0 spiro atoms. The van der Waals surface area contributed by atoms with Crippen LogP contribution in [0.25, 0.3) is 0 Å². The molecule has 524 valence electrons. The fraction of sp³-hybridized carbons (Fsp3) is 0.900. The number of rotatable bonds is 32. The van der Waals surface area contributed by atoms with Crippen molar-refractivity contribution in [3.63, 3.8) is 0 Å². The van der Waals surface area contributed by atoms with Crippen molar-refractivity contribution in [3.05, 3.63) is 0 Å². The molecule has 6 saturated carbocycles. The molecule has 6 heterocycles. The van der Waals surface area contributed by atoms with E-state index in [1.54, 1.807) is 48.5 Å². The van der Waals surface area contributed by atoms with Crippen LogP contribution in [-0.2, 0) is 105 Å². The highest BCUT2D eigenvalue weighted by Gasteiger charge is 2.65. The molecule has 6 bridgehead atoms. The molecule has 0 amide bonds. The maximum absolute atomic E-state index is 15.4. The Bertz CT molecular complexity index is 2760. The number of carbonyl (C=O) groups is 7. The fourth-order valence-electron chi connectivity index (χ4n) is 17.7. The number of aliphatic hydroxyl groups is 1. The number of hydrogen-bond acceptors (Lipinski definition) is 23. The summed E-state index contributed by atoms with van der Waals surface area (Å²) in [6, 6.07) is 0. The van der Waals surface area contributed by atoms with Crippen LogP contribution in [0.5, 0.6) is 0 Å². The van der Waals surface area contributed by atoms with Gasteiger partial charge in [0, 0.05) is 18.3 Å². The Labute approximate surface area is 547 Å². The third-order valence-electron chi connectivity index (χ3n) is 22.9. The number of ether oxygens (including phenoxy) is 15. The Morgan fingerprint density at radius 1 is 0.602 bits per heavy atom. The van der Waals surface area contributed by atoms with Gasteiger partial charge < -0.3 is 76.2 Å². The van der Waals surface area contributed by atoms with Crippen LogP contribution in [0.3, 0.4) is 0 Å². The lowest BCUT2D eigenvalue weighted by molar-refractivity contribution is -0.236. The first kappa shape index (κ1) is 70.3. The second-order valence-electron chi connectivity index (χ2n) is 32.7. The zero-order valence-electron chi connectivity index (χ0n) is 57.2. The maximum Gasteiger partial charge on any atom is 0.344 e. The predicted molar refractivity (Wildman–Crippen MR) is 326 cm³/mol. The third-order valence-corrected chi connectivity index (χ3v) is 22.9. The quantitative estimate of drug-likeness (QED) is 0.0373. The molecule has 6 saturated heterocycles. The molecular weight excluding hydrogens is 1210 g/mol. The van der Waals surface area contributed by atoms with Crippen LogP contribution in [-0.4, -0.2) is 170 Å². The topological polar surface area (TPSA) is 281 Å². The summed E-state index contributed by atoms with van der Waals surface area (Å²) in [6.45, 7) is 22.3. The Hall–Kier alpha value is -4.07. The first-order valence-corrected chi connectivity index (χ1v) is 34.9. The van der Waals surface area contributed by atoms with Crippen molar-refractivity contribution in [2.24, 2.45) is 57.2 Å². The lowest BCUT2D eigenvalue weighted by Crippen LogP contribution is -2.60. The summed E-state index contributed by atoms with van der Waals surface area (Å²) < 4.78 is 90.5. The van der Waals surface area contributed by atoms with Gasteiger partial charge in [0.15, 0.2) is 42.5 Å². The molecule has 23 nitrogen and oxygen atoms in total. The molecule has 93 heavy (non-hydrogen) atoms. The van der Waals surface area contributed by atoms with E-state index in [9.17, 15) is 33.9 Å². The Kier molecular flexibility index (Phi) is 20.1. The molecule has 0 aromatic carbocycles. The molecule has 12 rings (SSSR count). The van der Waals surface area contributed by atoms with Crippen molar-refractivity contribution in [2.75, 3.05) is 39.6 Å². The van der Waals surface area contributed by atoms with Crippen LogP contribution in [0.2, 0.25) is 0 Å². The first-order chi connectivity index (χ1) is 43.6. The van der Waals surface area contributed by atoms with Crippen LogP contribution in [0, 0.1) is 57.2 Å². The summed E-state index contributed by atoms with van der Waals surface area (Å²) in [6.07, 6.45) is 4.09.